The molecule has 2 heterocycles. The van der Waals surface area contributed by atoms with Gasteiger partial charge >= 0.3 is 0 Å². The molecule has 0 fully saturated rings. The molecule has 0 spiro atoms. The largest absolute Gasteiger partial charge is 0.464 e. The third kappa shape index (κ3) is 4.11. The molecule has 0 unspecified atom stereocenters. The first-order valence-electron chi connectivity index (χ1n) is 6.51. The van der Waals surface area contributed by atoms with Crippen LogP contribution in [0.4, 0.5) is 0 Å². The predicted molar refractivity (Wildman–Crippen MR) is 76.3 cm³/mol. The van der Waals surface area contributed by atoms with Crippen molar-refractivity contribution in [3.05, 3.63) is 40.6 Å². The van der Waals surface area contributed by atoms with E-state index in [1.807, 2.05) is 6.92 Å². The Bertz CT molecular complexity index is 531. The van der Waals surface area contributed by atoms with Crippen molar-refractivity contribution in [1.82, 2.24) is 15.1 Å². The van der Waals surface area contributed by atoms with Crippen molar-refractivity contribution in [2.75, 3.05) is 6.54 Å². The van der Waals surface area contributed by atoms with Gasteiger partial charge in [0.25, 0.3) is 0 Å². The molecule has 0 aliphatic carbocycles. The molecular weight excluding hydrogens is 262 g/mol. The minimum absolute atomic E-state index is 0.609. The fourth-order valence-electron chi connectivity index (χ4n) is 1.92. The van der Waals surface area contributed by atoms with Gasteiger partial charge in [0.1, 0.15) is 11.5 Å². The maximum absolute atomic E-state index is 5.84. The third-order valence-corrected chi connectivity index (χ3v) is 3.05. The summed E-state index contributed by atoms with van der Waals surface area (Å²) in [5.74, 6) is 2.51. The van der Waals surface area contributed by atoms with Crippen LogP contribution in [0.3, 0.4) is 0 Å². The Balaban J connectivity index is 1.96. The van der Waals surface area contributed by atoms with Crippen LogP contribution >= 0.6 is 11.6 Å². The first-order valence-corrected chi connectivity index (χ1v) is 6.89. The quantitative estimate of drug-likeness (QED) is 0.884. The number of rotatable bonds is 6. The Morgan fingerprint density at radius 3 is 2.89 bits per heavy atom. The second-order valence-electron chi connectivity index (χ2n) is 5.18. The van der Waals surface area contributed by atoms with Crippen molar-refractivity contribution in [3.8, 4) is 0 Å². The molecule has 0 aliphatic heterocycles. The topological polar surface area (TPSA) is 43.0 Å². The van der Waals surface area contributed by atoms with E-state index >= 15 is 0 Å². The summed E-state index contributed by atoms with van der Waals surface area (Å²) in [7, 11) is 0. The van der Waals surface area contributed by atoms with Crippen molar-refractivity contribution < 1.29 is 4.42 Å². The number of furan rings is 1. The summed E-state index contributed by atoms with van der Waals surface area (Å²) in [5, 5.41) is 8.20. The van der Waals surface area contributed by atoms with Gasteiger partial charge in [-0.1, -0.05) is 25.4 Å². The van der Waals surface area contributed by atoms with Crippen LogP contribution in [0.2, 0.25) is 5.02 Å². The van der Waals surface area contributed by atoms with Crippen molar-refractivity contribution in [3.63, 3.8) is 0 Å². The Morgan fingerprint density at radius 1 is 1.47 bits per heavy atom. The molecule has 2 rings (SSSR count). The summed E-state index contributed by atoms with van der Waals surface area (Å²) < 4.78 is 7.51. The summed E-state index contributed by atoms with van der Waals surface area (Å²) >= 11 is 5.84. The highest BCUT2D eigenvalue weighted by Crippen LogP contribution is 2.16. The summed E-state index contributed by atoms with van der Waals surface area (Å²) in [6.45, 7) is 8.84. The van der Waals surface area contributed by atoms with E-state index < -0.39 is 0 Å². The number of aryl methyl sites for hydroxylation is 1. The van der Waals surface area contributed by atoms with Gasteiger partial charge in [0.15, 0.2) is 0 Å². The second kappa shape index (κ2) is 6.26. The average Bonchev–Trinajstić information content (AvgIpc) is 2.86. The van der Waals surface area contributed by atoms with E-state index in [1.165, 1.54) is 5.56 Å². The summed E-state index contributed by atoms with van der Waals surface area (Å²) in [6.07, 6.45) is 3.42. The van der Waals surface area contributed by atoms with Crippen LogP contribution in [0.5, 0.6) is 0 Å². The smallest absolute Gasteiger partial charge is 0.125 e. The zero-order chi connectivity index (χ0) is 13.8. The van der Waals surface area contributed by atoms with Crippen molar-refractivity contribution in [2.24, 2.45) is 5.92 Å². The van der Waals surface area contributed by atoms with Crippen LogP contribution in [0.1, 0.15) is 30.9 Å². The normalized spacial score (nSPS) is 11.4. The van der Waals surface area contributed by atoms with Gasteiger partial charge in [-0.3, -0.25) is 4.68 Å². The van der Waals surface area contributed by atoms with Gasteiger partial charge in [0, 0.05) is 18.3 Å². The van der Waals surface area contributed by atoms with Gasteiger partial charge in [0.2, 0.25) is 0 Å². The summed E-state index contributed by atoms with van der Waals surface area (Å²) in [6, 6.07) is 2.08. The van der Waals surface area contributed by atoms with Crippen LogP contribution in [-0.2, 0) is 13.1 Å². The standard InChI is InChI=1S/C14H20ClN3O/c1-10(2)5-16-6-12-4-14(19-11(12)3)9-18-8-13(15)7-17-18/h4,7-8,10,16H,5-6,9H2,1-3H3. The number of nitrogens with one attached hydrogen (secondary N) is 1. The molecule has 0 atom stereocenters. The molecule has 0 saturated carbocycles. The van der Waals surface area contributed by atoms with Gasteiger partial charge in [-0.15, -0.1) is 0 Å². The third-order valence-electron chi connectivity index (χ3n) is 2.86. The fraction of sp³-hybridized carbons (Fsp3) is 0.500. The lowest BCUT2D eigenvalue weighted by Crippen LogP contribution is -2.18. The Labute approximate surface area is 118 Å². The molecule has 0 saturated heterocycles. The molecule has 0 aromatic carbocycles. The molecule has 0 bridgehead atoms. The number of aromatic nitrogens is 2. The van der Waals surface area contributed by atoms with E-state index in [2.05, 4.69) is 30.3 Å². The molecule has 0 aliphatic rings. The molecular formula is C14H20ClN3O. The number of halogens is 1. The van der Waals surface area contributed by atoms with Crippen LogP contribution in [-0.4, -0.2) is 16.3 Å². The average molecular weight is 282 g/mol. The zero-order valence-corrected chi connectivity index (χ0v) is 12.4. The molecule has 0 amide bonds. The van der Waals surface area contributed by atoms with E-state index in [4.69, 9.17) is 16.0 Å². The first kappa shape index (κ1) is 14.2. The highest BCUT2D eigenvalue weighted by atomic mass is 35.5. The van der Waals surface area contributed by atoms with Crippen LogP contribution < -0.4 is 5.32 Å². The fourth-order valence-corrected chi connectivity index (χ4v) is 2.08. The maximum atomic E-state index is 5.84. The minimum atomic E-state index is 0.609. The molecule has 1 N–H and O–H groups in total. The summed E-state index contributed by atoms with van der Waals surface area (Å²) in [5.41, 5.74) is 1.20. The van der Waals surface area contributed by atoms with Gasteiger partial charge < -0.3 is 9.73 Å². The molecule has 2 aromatic heterocycles. The van der Waals surface area contributed by atoms with E-state index in [-0.39, 0.29) is 0 Å². The van der Waals surface area contributed by atoms with Crippen LogP contribution in [0, 0.1) is 12.8 Å². The Kier molecular flexibility index (Phi) is 4.66. The van der Waals surface area contributed by atoms with Gasteiger partial charge in [0.05, 0.1) is 17.8 Å². The van der Waals surface area contributed by atoms with E-state index in [9.17, 15) is 0 Å². The number of hydrogen-bond acceptors (Lipinski definition) is 3. The van der Waals surface area contributed by atoms with Gasteiger partial charge in [-0.25, -0.2) is 0 Å². The number of nitrogens with zero attached hydrogens (tertiary/aromatic N) is 2. The molecule has 104 valence electrons. The molecule has 5 heteroatoms. The van der Waals surface area contributed by atoms with Gasteiger partial charge in [-0.05, 0) is 25.5 Å². The highest BCUT2D eigenvalue weighted by molar-refractivity contribution is 6.30. The highest BCUT2D eigenvalue weighted by Gasteiger charge is 2.08. The molecule has 4 nitrogen and oxygen atoms in total. The Hall–Kier alpha value is -1.26. The number of hydrogen-bond donors (Lipinski definition) is 1. The molecule has 2 aromatic rings. The zero-order valence-electron chi connectivity index (χ0n) is 11.6. The van der Waals surface area contributed by atoms with Crippen LogP contribution in [0.25, 0.3) is 0 Å². The first-order chi connectivity index (χ1) is 9.04. The second-order valence-corrected chi connectivity index (χ2v) is 5.61. The lowest BCUT2D eigenvalue weighted by atomic mass is 10.2. The molecule has 19 heavy (non-hydrogen) atoms. The van der Waals surface area contributed by atoms with E-state index in [0.29, 0.717) is 17.5 Å². The Morgan fingerprint density at radius 2 is 2.26 bits per heavy atom. The van der Waals surface area contributed by atoms with Crippen molar-refractivity contribution in [1.29, 1.82) is 0 Å². The molecule has 0 radical (unpaired) electrons. The maximum Gasteiger partial charge on any atom is 0.125 e. The SMILES string of the molecule is Cc1oc(Cn2cc(Cl)cn2)cc1CNCC(C)C. The van der Waals surface area contributed by atoms with Crippen LogP contribution in [0.15, 0.2) is 22.9 Å². The minimum Gasteiger partial charge on any atom is -0.464 e. The van der Waals surface area contributed by atoms with Gasteiger partial charge in [-0.2, -0.15) is 5.10 Å². The summed E-state index contributed by atoms with van der Waals surface area (Å²) in [4.78, 5) is 0. The van der Waals surface area contributed by atoms with Crippen molar-refractivity contribution in [2.45, 2.75) is 33.9 Å². The van der Waals surface area contributed by atoms with E-state index in [0.717, 1.165) is 24.6 Å². The lowest BCUT2D eigenvalue weighted by molar-refractivity contribution is 0.455. The predicted octanol–water partition coefficient (Wildman–Crippen LogP) is 3.23. The van der Waals surface area contributed by atoms with Crippen molar-refractivity contribution >= 4 is 11.6 Å². The van der Waals surface area contributed by atoms with E-state index in [1.54, 1.807) is 17.1 Å². The monoisotopic (exact) mass is 281 g/mol. The lowest BCUT2D eigenvalue weighted by Gasteiger charge is -2.05.